The van der Waals surface area contributed by atoms with Gasteiger partial charge in [-0.25, -0.2) is 9.59 Å². The summed E-state index contributed by atoms with van der Waals surface area (Å²) >= 11 is 1.56. The number of carbonyl (C=O) groups excluding carboxylic acids is 1. The number of thioether (sulfide) groups is 1. The lowest BCUT2D eigenvalue weighted by Gasteiger charge is -2.42. The molecule has 7 heteroatoms. The van der Waals surface area contributed by atoms with Gasteiger partial charge in [0.05, 0.1) is 18.8 Å². The zero-order valence-electron chi connectivity index (χ0n) is 11.6. The van der Waals surface area contributed by atoms with Crippen LogP contribution >= 0.6 is 11.8 Å². The quantitative estimate of drug-likeness (QED) is 0.790. The number of ether oxygens (including phenoxy) is 1. The van der Waals surface area contributed by atoms with Crippen LogP contribution in [0.25, 0.3) is 0 Å². The molecule has 1 heterocycles. The van der Waals surface area contributed by atoms with Gasteiger partial charge in [0.2, 0.25) is 0 Å². The highest BCUT2D eigenvalue weighted by atomic mass is 32.2. The molecule has 110 valence electrons. The predicted octanol–water partition coefficient (Wildman–Crippen LogP) is 1.01. The number of carboxylic acids is 1. The number of carboxylic acid groups (broad SMARTS) is 1. The maximum atomic E-state index is 12.2. The number of hydrogen-bond donors (Lipinski definition) is 2. The Morgan fingerprint density at radius 2 is 2.21 bits per heavy atom. The highest BCUT2D eigenvalue weighted by Crippen LogP contribution is 2.19. The first-order chi connectivity index (χ1) is 8.88. The van der Waals surface area contributed by atoms with Crippen LogP contribution in [0.2, 0.25) is 0 Å². The van der Waals surface area contributed by atoms with Crippen molar-refractivity contribution in [1.29, 1.82) is 0 Å². The maximum absolute atomic E-state index is 12.2. The SMILES string of the molecule is CSCC[C@@H](NC(=O)N1CCOCC1(C)C)C(=O)O. The third-order valence-electron chi connectivity index (χ3n) is 3.10. The average Bonchev–Trinajstić information content (AvgIpc) is 2.33. The van der Waals surface area contributed by atoms with E-state index in [2.05, 4.69) is 5.32 Å². The second-order valence-electron chi connectivity index (χ2n) is 5.14. The number of nitrogens with one attached hydrogen (secondary N) is 1. The zero-order chi connectivity index (χ0) is 14.5. The highest BCUT2D eigenvalue weighted by molar-refractivity contribution is 7.98. The van der Waals surface area contributed by atoms with Crippen LogP contribution in [0.5, 0.6) is 0 Å². The van der Waals surface area contributed by atoms with E-state index in [0.29, 0.717) is 31.9 Å². The van der Waals surface area contributed by atoms with Gasteiger partial charge in [0, 0.05) is 6.54 Å². The van der Waals surface area contributed by atoms with Crippen LogP contribution in [-0.4, -0.2) is 65.4 Å². The molecule has 1 fully saturated rings. The molecule has 1 aliphatic heterocycles. The molecule has 0 aromatic rings. The predicted molar refractivity (Wildman–Crippen MR) is 74.6 cm³/mol. The Labute approximate surface area is 117 Å². The number of urea groups is 1. The van der Waals surface area contributed by atoms with Gasteiger partial charge in [0.1, 0.15) is 6.04 Å². The smallest absolute Gasteiger partial charge is 0.326 e. The number of amides is 2. The van der Waals surface area contributed by atoms with Crippen LogP contribution in [0.3, 0.4) is 0 Å². The molecule has 0 radical (unpaired) electrons. The van der Waals surface area contributed by atoms with Gasteiger partial charge in [0.25, 0.3) is 0 Å². The normalized spacial score (nSPS) is 19.8. The summed E-state index contributed by atoms with van der Waals surface area (Å²) in [5, 5.41) is 11.7. The van der Waals surface area contributed by atoms with E-state index in [-0.39, 0.29) is 6.03 Å². The van der Waals surface area contributed by atoms with Gasteiger partial charge in [-0.1, -0.05) is 0 Å². The van der Waals surface area contributed by atoms with E-state index in [4.69, 9.17) is 9.84 Å². The van der Waals surface area contributed by atoms with E-state index in [0.717, 1.165) is 0 Å². The van der Waals surface area contributed by atoms with E-state index in [1.165, 1.54) is 0 Å². The van der Waals surface area contributed by atoms with Crippen molar-refractivity contribution in [2.24, 2.45) is 0 Å². The summed E-state index contributed by atoms with van der Waals surface area (Å²) in [7, 11) is 0. The molecular weight excluding hydrogens is 268 g/mol. The number of aliphatic carboxylic acids is 1. The summed E-state index contributed by atoms with van der Waals surface area (Å²) < 4.78 is 5.34. The standard InChI is InChI=1S/C12H22N2O4S/c1-12(2)8-18-6-5-14(12)11(17)13-9(10(15)16)4-7-19-3/h9H,4-8H2,1-3H3,(H,13,17)(H,15,16)/t9-/m1/s1. The summed E-state index contributed by atoms with van der Waals surface area (Å²) in [5.74, 6) is -0.294. The van der Waals surface area contributed by atoms with Gasteiger partial charge in [-0.05, 0) is 32.3 Å². The first-order valence-corrected chi connectivity index (χ1v) is 7.65. The van der Waals surface area contributed by atoms with Crippen molar-refractivity contribution >= 4 is 23.8 Å². The van der Waals surface area contributed by atoms with E-state index in [1.54, 1.807) is 16.7 Å². The number of morpholine rings is 1. The van der Waals surface area contributed by atoms with Crippen LogP contribution in [0.15, 0.2) is 0 Å². The minimum absolute atomic E-state index is 0.332. The Morgan fingerprint density at radius 1 is 1.53 bits per heavy atom. The molecule has 2 N–H and O–H groups in total. The Balaban J connectivity index is 2.62. The molecule has 0 bridgehead atoms. The largest absolute Gasteiger partial charge is 0.480 e. The molecule has 0 aromatic carbocycles. The fraction of sp³-hybridized carbons (Fsp3) is 0.833. The number of rotatable bonds is 5. The van der Waals surface area contributed by atoms with Gasteiger partial charge in [-0.15, -0.1) is 0 Å². The van der Waals surface area contributed by atoms with Crippen molar-refractivity contribution < 1.29 is 19.4 Å². The van der Waals surface area contributed by atoms with E-state index >= 15 is 0 Å². The maximum Gasteiger partial charge on any atom is 0.326 e. The minimum Gasteiger partial charge on any atom is -0.480 e. The Hall–Kier alpha value is -0.950. The summed E-state index contributed by atoms with van der Waals surface area (Å²) in [4.78, 5) is 24.9. The van der Waals surface area contributed by atoms with Crippen molar-refractivity contribution in [3.8, 4) is 0 Å². The van der Waals surface area contributed by atoms with Crippen molar-refractivity contribution in [2.75, 3.05) is 31.8 Å². The molecule has 2 amide bonds. The number of nitrogens with zero attached hydrogens (tertiary/aromatic N) is 1. The molecule has 6 nitrogen and oxygen atoms in total. The van der Waals surface area contributed by atoms with Crippen LogP contribution in [0.1, 0.15) is 20.3 Å². The van der Waals surface area contributed by atoms with Crippen LogP contribution in [0, 0.1) is 0 Å². The topological polar surface area (TPSA) is 78.9 Å². The first-order valence-electron chi connectivity index (χ1n) is 6.26. The zero-order valence-corrected chi connectivity index (χ0v) is 12.5. The Bertz CT molecular complexity index is 336. The molecule has 0 aliphatic carbocycles. The van der Waals surface area contributed by atoms with Crippen LogP contribution < -0.4 is 5.32 Å². The Kier molecular flexibility index (Phi) is 5.93. The second kappa shape index (κ2) is 7.00. The number of carbonyl (C=O) groups is 2. The molecule has 19 heavy (non-hydrogen) atoms. The average molecular weight is 290 g/mol. The van der Waals surface area contributed by atoms with E-state index in [9.17, 15) is 9.59 Å². The molecule has 0 aromatic heterocycles. The summed E-state index contributed by atoms with van der Waals surface area (Å²) in [5.41, 5.74) is -0.412. The third kappa shape index (κ3) is 4.58. The van der Waals surface area contributed by atoms with Crippen LogP contribution in [0.4, 0.5) is 4.79 Å². The van der Waals surface area contributed by atoms with E-state index in [1.807, 2.05) is 20.1 Å². The first kappa shape index (κ1) is 16.1. The molecule has 0 saturated carbocycles. The highest BCUT2D eigenvalue weighted by Gasteiger charge is 2.35. The fourth-order valence-electron chi connectivity index (χ4n) is 1.95. The third-order valence-corrected chi connectivity index (χ3v) is 3.74. The van der Waals surface area contributed by atoms with Crippen molar-refractivity contribution in [3.63, 3.8) is 0 Å². The van der Waals surface area contributed by atoms with Crippen molar-refractivity contribution in [2.45, 2.75) is 31.8 Å². The summed E-state index contributed by atoms with van der Waals surface area (Å²) in [6.07, 6.45) is 2.33. The Morgan fingerprint density at radius 3 is 2.74 bits per heavy atom. The molecule has 1 rings (SSSR count). The summed E-state index contributed by atoms with van der Waals surface area (Å²) in [6, 6.07) is -1.17. The van der Waals surface area contributed by atoms with Gasteiger partial charge in [0.15, 0.2) is 0 Å². The lowest BCUT2D eigenvalue weighted by atomic mass is 10.0. The molecule has 0 spiro atoms. The molecular formula is C12H22N2O4S. The second-order valence-corrected chi connectivity index (χ2v) is 6.12. The lowest BCUT2D eigenvalue weighted by molar-refractivity contribution is -0.139. The molecule has 0 unspecified atom stereocenters. The molecule has 1 saturated heterocycles. The van der Waals surface area contributed by atoms with E-state index < -0.39 is 17.6 Å². The minimum atomic E-state index is -0.992. The van der Waals surface area contributed by atoms with Gasteiger partial charge in [-0.2, -0.15) is 11.8 Å². The van der Waals surface area contributed by atoms with Gasteiger partial charge in [-0.3, -0.25) is 0 Å². The van der Waals surface area contributed by atoms with Crippen molar-refractivity contribution in [1.82, 2.24) is 10.2 Å². The molecule has 1 aliphatic rings. The molecule has 1 atom stereocenters. The monoisotopic (exact) mass is 290 g/mol. The van der Waals surface area contributed by atoms with Crippen molar-refractivity contribution in [3.05, 3.63) is 0 Å². The van der Waals surface area contributed by atoms with Gasteiger partial charge < -0.3 is 20.1 Å². The van der Waals surface area contributed by atoms with Crippen LogP contribution in [-0.2, 0) is 9.53 Å². The fourth-order valence-corrected chi connectivity index (χ4v) is 2.43. The lowest BCUT2D eigenvalue weighted by Crippen LogP contribution is -2.60. The van der Waals surface area contributed by atoms with Gasteiger partial charge >= 0.3 is 12.0 Å². The summed E-state index contributed by atoms with van der Waals surface area (Å²) in [6.45, 7) is 5.24. The number of hydrogen-bond acceptors (Lipinski definition) is 4.